The van der Waals surface area contributed by atoms with Gasteiger partial charge in [-0.05, 0) is 12.5 Å². The first-order valence-corrected chi connectivity index (χ1v) is 6.23. The molecule has 0 fully saturated rings. The average molecular weight is 277 g/mol. The van der Waals surface area contributed by atoms with E-state index < -0.39 is 11.6 Å². The van der Waals surface area contributed by atoms with Gasteiger partial charge in [0.1, 0.15) is 11.3 Å². The number of benzene rings is 1. The van der Waals surface area contributed by atoms with Crippen LogP contribution in [0.1, 0.15) is 6.42 Å². The summed E-state index contributed by atoms with van der Waals surface area (Å²) in [5, 5.41) is 4.09. The van der Waals surface area contributed by atoms with Crippen molar-refractivity contribution in [3.05, 3.63) is 42.2 Å². The van der Waals surface area contributed by atoms with Crippen LogP contribution < -0.4 is 5.73 Å². The normalized spacial score (nSPS) is 11.3. The van der Waals surface area contributed by atoms with Gasteiger partial charge in [0, 0.05) is 37.6 Å². The number of imidazole rings is 1. The summed E-state index contributed by atoms with van der Waals surface area (Å²) in [6.45, 7) is 1.22. The molecule has 2 N–H and O–H groups in total. The summed E-state index contributed by atoms with van der Waals surface area (Å²) in [5.74, 6) is -1.15. The molecule has 3 aromatic rings. The Morgan fingerprint density at radius 2 is 2.05 bits per heavy atom. The Morgan fingerprint density at radius 3 is 2.80 bits per heavy atom. The Bertz CT molecular complexity index is 733. The molecule has 1 aromatic carbocycles. The van der Waals surface area contributed by atoms with Gasteiger partial charge in [-0.1, -0.05) is 0 Å². The maximum absolute atomic E-state index is 13.6. The van der Waals surface area contributed by atoms with E-state index in [-0.39, 0.29) is 11.5 Å². The number of nitrogens with zero attached hydrogens (tertiary/aromatic N) is 4. The van der Waals surface area contributed by atoms with Crippen molar-refractivity contribution in [3.8, 4) is 0 Å². The van der Waals surface area contributed by atoms with Crippen LogP contribution in [0.5, 0.6) is 0 Å². The van der Waals surface area contributed by atoms with Crippen LogP contribution in [0.2, 0.25) is 0 Å². The molecule has 5 nitrogen and oxygen atoms in total. The average Bonchev–Trinajstić information content (AvgIpc) is 3.00. The zero-order valence-corrected chi connectivity index (χ0v) is 10.6. The minimum atomic E-state index is -0.697. The van der Waals surface area contributed by atoms with Gasteiger partial charge in [0.25, 0.3) is 0 Å². The molecule has 7 heteroatoms. The smallest absolute Gasteiger partial charge is 0.201 e. The van der Waals surface area contributed by atoms with Crippen LogP contribution in [0.4, 0.5) is 14.7 Å². The highest BCUT2D eigenvalue weighted by Crippen LogP contribution is 2.22. The van der Waals surface area contributed by atoms with Crippen LogP contribution >= 0.6 is 0 Å². The van der Waals surface area contributed by atoms with Crippen molar-refractivity contribution in [2.45, 2.75) is 19.5 Å². The molecule has 0 radical (unpaired) electrons. The van der Waals surface area contributed by atoms with E-state index in [0.717, 1.165) is 12.5 Å². The summed E-state index contributed by atoms with van der Waals surface area (Å²) >= 11 is 0. The molecule has 0 unspecified atom stereocenters. The van der Waals surface area contributed by atoms with Crippen molar-refractivity contribution in [2.75, 3.05) is 5.73 Å². The van der Waals surface area contributed by atoms with Gasteiger partial charge in [-0.25, -0.2) is 13.8 Å². The molecule has 0 aliphatic heterocycles. The molecule has 0 atom stereocenters. The minimum absolute atomic E-state index is 0.1000. The van der Waals surface area contributed by atoms with Crippen LogP contribution in [0.15, 0.2) is 30.6 Å². The van der Waals surface area contributed by atoms with E-state index in [1.165, 1.54) is 6.07 Å². The minimum Gasteiger partial charge on any atom is -0.369 e. The third-order valence-corrected chi connectivity index (χ3v) is 3.13. The van der Waals surface area contributed by atoms with Crippen LogP contribution in [0.25, 0.3) is 11.0 Å². The molecule has 0 amide bonds. The fourth-order valence-corrected chi connectivity index (χ4v) is 2.23. The van der Waals surface area contributed by atoms with Gasteiger partial charge < -0.3 is 10.3 Å². The van der Waals surface area contributed by atoms with Crippen molar-refractivity contribution in [2.24, 2.45) is 0 Å². The number of aryl methyl sites for hydroxylation is 2. The topological polar surface area (TPSA) is 61.7 Å². The van der Waals surface area contributed by atoms with Crippen molar-refractivity contribution in [3.63, 3.8) is 0 Å². The number of nitrogen functional groups attached to an aromatic ring is 1. The Labute approximate surface area is 113 Å². The van der Waals surface area contributed by atoms with E-state index in [9.17, 15) is 8.78 Å². The van der Waals surface area contributed by atoms with Gasteiger partial charge in [-0.15, -0.1) is 0 Å². The van der Waals surface area contributed by atoms with Crippen molar-refractivity contribution in [1.82, 2.24) is 19.3 Å². The molecule has 0 aliphatic rings. The summed E-state index contributed by atoms with van der Waals surface area (Å²) in [6.07, 6.45) is 4.29. The molecule has 0 bridgehead atoms. The lowest BCUT2D eigenvalue weighted by molar-refractivity contribution is 0.534. The van der Waals surface area contributed by atoms with Crippen LogP contribution in [0.3, 0.4) is 0 Å². The van der Waals surface area contributed by atoms with Gasteiger partial charge in [-0.2, -0.15) is 5.10 Å². The molecule has 0 saturated carbocycles. The first-order valence-electron chi connectivity index (χ1n) is 6.23. The van der Waals surface area contributed by atoms with E-state index in [2.05, 4.69) is 10.1 Å². The lowest BCUT2D eigenvalue weighted by atomic mass is 10.3. The largest absolute Gasteiger partial charge is 0.369 e. The summed E-state index contributed by atoms with van der Waals surface area (Å²) < 4.78 is 30.3. The molecule has 0 aliphatic carbocycles. The summed E-state index contributed by atoms with van der Waals surface area (Å²) in [4.78, 5) is 3.95. The lowest BCUT2D eigenvalue weighted by Crippen LogP contribution is -2.07. The fraction of sp³-hybridized carbons (Fsp3) is 0.231. The molecule has 2 aromatic heterocycles. The van der Waals surface area contributed by atoms with Crippen LogP contribution in [0, 0.1) is 11.6 Å². The number of nitrogens with two attached hydrogens (primary N) is 1. The Hall–Kier alpha value is -2.44. The van der Waals surface area contributed by atoms with E-state index >= 15 is 0 Å². The lowest BCUT2D eigenvalue weighted by Gasteiger charge is -2.06. The number of halogens is 2. The van der Waals surface area contributed by atoms with Crippen molar-refractivity contribution in [1.29, 1.82) is 0 Å². The molecule has 2 heterocycles. The Balaban J connectivity index is 1.85. The Morgan fingerprint density at radius 1 is 1.20 bits per heavy atom. The number of anilines is 1. The van der Waals surface area contributed by atoms with Gasteiger partial charge >= 0.3 is 0 Å². The third-order valence-electron chi connectivity index (χ3n) is 3.13. The third kappa shape index (κ3) is 2.22. The zero-order valence-electron chi connectivity index (χ0n) is 10.6. The monoisotopic (exact) mass is 277 g/mol. The van der Waals surface area contributed by atoms with E-state index in [1.54, 1.807) is 15.4 Å². The van der Waals surface area contributed by atoms with Gasteiger partial charge in [0.05, 0.1) is 5.52 Å². The number of hydrogen-bond donors (Lipinski definition) is 1. The number of fused-ring (bicyclic) bond motifs is 1. The van der Waals surface area contributed by atoms with Gasteiger partial charge in [-0.3, -0.25) is 4.68 Å². The fourth-order valence-electron chi connectivity index (χ4n) is 2.23. The molecule has 20 heavy (non-hydrogen) atoms. The molecule has 0 spiro atoms. The second-order valence-corrected chi connectivity index (χ2v) is 4.50. The first-order chi connectivity index (χ1) is 9.65. The molecule has 104 valence electrons. The summed E-state index contributed by atoms with van der Waals surface area (Å²) in [5.41, 5.74) is 6.25. The van der Waals surface area contributed by atoms with Gasteiger partial charge in [0.15, 0.2) is 5.82 Å². The maximum atomic E-state index is 13.6. The highest BCUT2D eigenvalue weighted by Gasteiger charge is 2.13. The first kappa shape index (κ1) is 12.6. The van der Waals surface area contributed by atoms with Crippen LogP contribution in [-0.2, 0) is 13.1 Å². The SMILES string of the molecule is Nc1nc2c(F)cc(F)cc2n1CCCn1cccn1. The predicted molar refractivity (Wildman–Crippen MR) is 70.9 cm³/mol. The van der Waals surface area contributed by atoms with Crippen molar-refractivity contribution < 1.29 is 8.78 Å². The number of hydrogen-bond acceptors (Lipinski definition) is 3. The highest BCUT2D eigenvalue weighted by molar-refractivity contribution is 5.79. The summed E-state index contributed by atoms with van der Waals surface area (Å²) in [6, 6.07) is 3.89. The molecular weight excluding hydrogens is 264 g/mol. The molecule has 0 saturated heterocycles. The predicted octanol–water partition coefficient (Wildman–Crippen LogP) is 2.18. The van der Waals surface area contributed by atoms with Crippen LogP contribution in [-0.4, -0.2) is 19.3 Å². The Kier molecular flexibility index (Phi) is 3.09. The maximum Gasteiger partial charge on any atom is 0.201 e. The van der Waals surface area contributed by atoms with Crippen molar-refractivity contribution >= 4 is 17.0 Å². The van der Waals surface area contributed by atoms with Gasteiger partial charge in [0.2, 0.25) is 5.95 Å². The zero-order chi connectivity index (χ0) is 14.1. The second-order valence-electron chi connectivity index (χ2n) is 4.50. The number of rotatable bonds is 4. The summed E-state index contributed by atoms with van der Waals surface area (Å²) in [7, 11) is 0. The van der Waals surface area contributed by atoms with E-state index in [0.29, 0.717) is 18.6 Å². The second kappa shape index (κ2) is 4.92. The molecular formula is C13H13F2N5. The number of aromatic nitrogens is 4. The van der Waals surface area contributed by atoms with E-state index in [1.807, 2.05) is 12.3 Å². The standard InChI is InChI=1S/C13H13F2N5/c14-9-7-10(15)12-11(8-9)20(13(16)18-12)6-2-5-19-4-1-3-17-19/h1,3-4,7-8H,2,5-6H2,(H2,16,18). The highest BCUT2D eigenvalue weighted by atomic mass is 19.1. The molecule has 3 rings (SSSR count). The quantitative estimate of drug-likeness (QED) is 0.795. The van der Waals surface area contributed by atoms with E-state index in [4.69, 9.17) is 5.73 Å².